The van der Waals surface area contributed by atoms with Gasteiger partial charge in [0.05, 0.1) is 18.4 Å². The molecule has 1 spiro atoms. The summed E-state index contributed by atoms with van der Waals surface area (Å²) >= 11 is 0. The van der Waals surface area contributed by atoms with Gasteiger partial charge in [0.25, 0.3) is 0 Å². The molecule has 1 atom stereocenters. The fraction of sp³-hybridized carbons (Fsp3) is 0.422. The molecule has 5 aromatic rings. The number of nitrogens with zero attached hydrogens (tertiary/aromatic N) is 4. The number of nitrogens with one attached hydrogen (secondary N) is 1. The number of H-pyrrole nitrogens is 1. The summed E-state index contributed by atoms with van der Waals surface area (Å²) in [4.78, 5) is 27.6. The summed E-state index contributed by atoms with van der Waals surface area (Å²) in [6, 6.07) is 26.9. The molecule has 8 heteroatoms. The number of ether oxygens (including phenoxy) is 2. The lowest BCUT2D eigenvalue weighted by molar-refractivity contribution is -0.0628. The lowest BCUT2D eigenvalue weighted by Crippen LogP contribution is -2.60. The average Bonchev–Trinajstić information content (AvgIpc) is 3.65. The molecule has 5 heterocycles. The van der Waals surface area contributed by atoms with E-state index in [4.69, 9.17) is 9.47 Å². The first kappa shape index (κ1) is 34.1. The molecule has 1 N–H and O–H groups in total. The number of para-hydroxylation sites is 1. The molecular formula is C45H51N5O3. The highest BCUT2D eigenvalue weighted by molar-refractivity contribution is 5.81. The number of piperazine rings is 1. The Morgan fingerprint density at radius 3 is 2.72 bits per heavy atom. The van der Waals surface area contributed by atoms with Gasteiger partial charge in [-0.2, -0.15) is 0 Å². The van der Waals surface area contributed by atoms with Crippen molar-refractivity contribution >= 4 is 23.0 Å². The Balaban J connectivity index is 0.881. The summed E-state index contributed by atoms with van der Waals surface area (Å²) in [5.41, 5.74) is 8.58. The molecule has 8 nitrogen and oxygen atoms in total. The van der Waals surface area contributed by atoms with Crippen LogP contribution in [0.3, 0.4) is 0 Å². The van der Waals surface area contributed by atoms with Crippen molar-refractivity contribution in [2.75, 3.05) is 44.2 Å². The number of carbonyl (C=O) groups is 1. The third-order valence-corrected chi connectivity index (χ3v) is 12.6. The summed E-state index contributed by atoms with van der Waals surface area (Å²) in [5.74, 6) is 2.83. The van der Waals surface area contributed by atoms with Gasteiger partial charge < -0.3 is 19.4 Å². The number of rotatable bonds is 9. The Morgan fingerprint density at radius 2 is 1.87 bits per heavy atom. The molecule has 3 aliphatic heterocycles. The maximum Gasteiger partial charge on any atom is 0.153 e. The number of hydrogen-bond acceptors (Lipinski definition) is 7. The molecule has 274 valence electrons. The van der Waals surface area contributed by atoms with Crippen molar-refractivity contribution in [2.45, 2.75) is 76.9 Å². The highest BCUT2D eigenvalue weighted by Crippen LogP contribution is 2.53. The molecule has 0 bridgehead atoms. The molecule has 53 heavy (non-hydrogen) atoms. The van der Waals surface area contributed by atoms with E-state index in [1.54, 1.807) is 6.20 Å². The molecule has 3 fully saturated rings. The van der Waals surface area contributed by atoms with Crippen molar-refractivity contribution < 1.29 is 14.3 Å². The number of fused-ring (bicyclic) bond motifs is 2. The molecule has 4 aliphatic rings. The van der Waals surface area contributed by atoms with Crippen molar-refractivity contribution in [1.29, 1.82) is 0 Å². The number of carbonyl (C=O) groups excluding carboxylic acids is 1. The van der Waals surface area contributed by atoms with Crippen LogP contribution in [-0.2, 0) is 13.0 Å². The SMILES string of the molecule is CC(C)c1ccccc1C1CN(Cc2cccc3c2OCCC3)CCN1C1CC2(CCN(c3ccc(C=O)c(Oc4cnc5[nH]ccc5c4)c3)CC2)C1. The lowest BCUT2D eigenvalue weighted by Gasteiger charge is -2.58. The monoisotopic (exact) mass is 709 g/mol. The summed E-state index contributed by atoms with van der Waals surface area (Å²) in [7, 11) is 0. The van der Waals surface area contributed by atoms with E-state index in [-0.39, 0.29) is 0 Å². The van der Waals surface area contributed by atoms with Gasteiger partial charge in [-0.1, -0.05) is 56.3 Å². The Labute approximate surface area is 313 Å². The second-order valence-electron chi connectivity index (χ2n) is 16.2. The van der Waals surface area contributed by atoms with E-state index >= 15 is 0 Å². The zero-order valence-electron chi connectivity index (χ0n) is 31.1. The van der Waals surface area contributed by atoms with Crippen LogP contribution >= 0.6 is 0 Å². The first-order valence-corrected chi connectivity index (χ1v) is 19.7. The molecule has 1 unspecified atom stereocenters. The van der Waals surface area contributed by atoms with Crippen LogP contribution in [0.25, 0.3) is 11.0 Å². The molecule has 2 saturated heterocycles. The Hall–Kier alpha value is -4.66. The predicted octanol–water partition coefficient (Wildman–Crippen LogP) is 8.92. The maximum atomic E-state index is 12.0. The van der Waals surface area contributed by atoms with Crippen LogP contribution < -0.4 is 14.4 Å². The van der Waals surface area contributed by atoms with Crippen LogP contribution in [0, 0.1) is 5.41 Å². The lowest BCUT2D eigenvalue weighted by atomic mass is 9.59. The van der Waals surface area contributed by atoms with Crippen LogP contribution in [0.2, 0.25) is 0 Å². The topological polar surface area (TPSA) is 73.9 Å². The summed E-state index contributed by atoms with van der Waals surface area (Å²) in [5, 5.41) is 0.976. The van der Waals surface area contributed by atoms with Crippen molar-refractivity contribution in [3.05, 3.63) is 113 Å². The van der Waals surface area contributed by atoms with E-state index in [2.05, 4.69) is 87.0 Å². The third-order valence-electron chi connectivity index (χ3n) is 12.6. The smallest absolute Gasteiger partial charge is 0.153 e. The second kappa shape index (κ2) is 14.3. The summed E-state index contributed by atoms with van der Waals surface area (Å²) < 4.78 is 12.5. The molecule has 1 aliphatic carbocycles. The minimum Gasteiger partial charge on any atom is -0.493 e. The second-order valence-corrected chi connectivity index (χ2v) is 16.2. The zero-order chi connectivity index (χ0) is 35.9. The highest BCUT2D eigenvalue weighted by atomic mass is 16.5. The van der Waals surface area contributed by atoms with Gasteiger partial charge in [0, 0.05) is 80.3 Å². The first-order chi connectivity index (χ1) is 25.9. The van der Waals surface area contributed by atoms with Crippen molar-refractivity contribution in [1.82, 2.24) is 19.8 Å². The Bertz CT molecular complexity index is 2090. The van der Waals surface area contributed by atoms with Crippen molar-refractivity contribution in [2.24, 2.45) is 5.41 Å². The van der Waals surface area contributed by atoms with Gasteiger partial charge in [0.2, 0.25) is 0 Å². The van der Waals surface area contributed by atoms with E-state index in [0.29, 0.717) is 40.5 Å². The quantitative estimate of drug-likeness (QED) is 0.153. The third kappa shape index (κ3) is 6.72. The van der Waals surface area contributed by atoms with E-state index in [9.17, 15) is 4.79 Å². The van der Waals surface area contributed by atoms with Crippen molar-refractivity contribution in [3.63, 3.8) is 0 Å². The maximum absolute atomic E-state index is 12.0. The number of anilines is 1. The number of aldehydes is 1. The number of aromatic amines is 1. The minimum absolute atomic E-state index is 0.383. The standard InChI is InChI=1S/C45H51N5O3/c1-31(2)39-10-3-4-11-40(39)41-29-48(28-34-8-5-7-32-9-6-22-52-43(32)34)20-21-50(41)37-25-45(26-37)15-18-49(19-16-45)36-13-12-35(30-51)42(24-36)53-38-23-33-14-17-46-44(33)47-27-38/h3-5,7-8,10-14,17,23-24,27,30-31,37,41H,6,9,15-16,18-22,25-26,28-29H2,1-2H3,(H,46,47). The van der Waals surface area contributed by atoms with E-state index in [1.165, 1.54) is 47.9 Å². The fourth-order valence-corrected chi connectivity index (χ4v) is 9.70. The van der Waals surface area contributed by atoms with Crippen LogP contribution in [0.5, 0.6) is 17.2 Å². The molecule has 0 radical (unpaired) electrons. The largest absolute Gasteiger partial charge is 0.493 e. The van der Waals surface area contributed by atoms with Gasteiger partial charge in [-0.3, -0.25) is 14.6 Å². The molecule has 3 aromatic carbocycles. The molecule has 9 rings (SSSR count). The number of hydrogen-bond donors (Lipinski definition) is 1. The van der Waals surface area contributed by atoms with Gasteiger partial charge in [-0.15, -0.1) is 0 Å². The first-order valence-electron chi connectivity index (χ1n) is 19.7. The molecular weight excluding hydrogens is 659 g/mol. The number of aryl methyl sites for hydroxylation is 1. The molecule has 0 amide bonds. The van der Waals surface area contributed by atoms with E-state index in [1.807, 2.05) is 30.5 Å². The zero-order valence-corrected chi connectivity index (χ0v) is 31.1. The minimum atomic E-state index is 0.383. The van der Waals surface area contributed by atoms with E-state index < -0.39 is 0 Å². The molecule has 1 saturated carbocycles. The molecule has 2 aromatic heterocycles. The van der Waals surface area contributed by atoms with E-state index in [0.717, 1.165) is 87.5 Å². The van der Waals surface area contributed by atoms with Gasteiger partial charge >= 0.3 is 0 Å². The summed E-state index contributed by atoms with van der Waals surface area (Å²) in [6.45, 7) is 11.7. The van der Waals surface area contributed by atoms with Crippen LogP contribution in [-0.4, -0.2) is 71.4 Å². The summed E-state index contributed by atoms with van der Waals surface area (Å²) in [6.07, 6.45) is 11.6. The fourth-order valence-electron chi connectivity index (χ4n) is 9.70. The number of benzene rings is 3. The van der Waals surface area contributed by atoms with Gasteiger partial charge in [0.15, 0.2) is 6.29 Å². The van der Waals surface area contributed by atoms with Gasteiger partial charge in [0.1, 0.15) is 22.9 Å². The average molecular weight is 710 g/mol. The van der Waals surface area contributed by atoms with Gasteiger partial charge in [-0.05, 0) is 90.8 Å². The number of pyridine rings is 1. The van der Waals surface area contributed by atoms with Gasteiger partial charge in [-0.25, -0.2) is 4.98 Å². The number of piperidine rings is 1. The van der Waals surface area contributed by atoms with Crippen molar-refractivity contribution in [3.8, 4) is 17.2 Å². The highest BCUT2D eigenvalue weighted by Gasteiger charge is 2.50. The normalized spacial score (nSPS) is 20.7. The van der Waals surface area contributed by atoms with Crippen LogP contribution in [0.1, 0.15) is 90.5 Å². The number of aromatic nitrogens is 2. The predicted molar refractivity (Wildman–Crippen MR) is 210 cm³/mol. The Morgan fingerprint density at radius 1 is 1.00 bits per heavy atom. The Kier molecular flexibility index (Phi) is 9.20. The van der Waals surface area contributed by atoms with Crippen LogP contribution in [0.4, 0.5) is 5.69 Å². The van der Waals surface area contributed by atoms with Crippen LogP contribution in [0.15, 0.2) is 85.2 Å².